The van der Waals surface area contributed by atoms with Crippen molar-refractivity contribution in [3.05, 3.63) is 23.9 Å². The second-order valence-electron chi connectivity index (χ2n) is 2.59. The van der Waals surface area contributed by atoms with Gasteiger partial charge < -0.3 is 0 Å². The zero-order chi connectivity index (χ0) is 8.39. The second kappa shape index (κ2) is 2.91. The fourth-order valence-corrected chi connectivity index (χ4v) is 1.13. The molecule has 1 saturated heterocycles. The van der Waals surface area contributed by atoms with Crippen LogP contribution in [0, 0.1) is 0 Å². The monoisotopic (exact) mass is 163 g/mol. The molecule has 0 aromatic carbocycles. The number of hydrogen-bond donors (Lipinski definition) is 1. The summed E-state index contributed by atoms with van der Waals surface area (Å²) in [6, 6.07) is 3.52. The Morgan fingerprint density at radius 3 is 3.08 bits per heavy atom. The molecular weight excluding hydrogens is 154 g/mol. The van der Waals surface area contributed by atoms with Crippen molar-refractivity contribution in [1.29, 1.82) is 0 Å². The van der Waals surface area contributed by atoms with Gasteiger partial charge in [0, 0.05) is 12.7 Å². The molecule has 4 heteroatoms. The maximum absolute atomic E-state index is 10.6. The minimum absolute atomic E-state index is 0.629. The summed E-state index contributed by atoms with van der Waals surface area (Å²) >= 11 is 0. The SMILES string of the molecule is O=Cc1cccnc1N1CCN1. The van der Waals surface area contributed by atoms with Gasteiger partial charge in [0.2, 0.25) is 0 Å². The van der Waals surface area contributed by atoms with Crippen molar-refractivity contribution in [3.63, 3.8) is 0 Å². The molecule has 0 spiro atoms. The molecule has 0 amide bonds. The maximum Gasteiger partial charge on any atom is 0.153 e. The third-order valence-corrected chi connectivity index (χ3v) is 1.84. The van der Waals surface area contributed by atoms with E-state index in [0.29, 0.717) is 5.56 Å². The molecule has 0 atom stereocenters. The molecule has 2 rings (SSSR count). The van der Waals surface area contributed by atoms with E-state index in [9.17, 15) is 4.79 Å². The van der Waals surface area contributed by atoms with E-state index in [1.54, 1.807) is 18.3 Å². The molecule has 12 heavy (non-hydrogen) atoms. The van der Waals surface area contributed by atoms with E-state index in [4.69, 9.17) is 0 Å². The molecule has 1 N–H and O–H groups in total. The Balaban J connectivity index is 2.33. The number of aromatic nitrogens is 1. The molecule has 0 unspecified atom stereocenters. The first-order chi connectivity index (χ1) is 5.92. The van der Waals surface area contributed by atoms with Crippen molar-refractivity contribution in [3.8, 4) is 0 Å². The molecule has 0 aliphatic carbocycles. The Morgan fingerprint density at radius 2 is 2.50 bits per heavy atom. The predicted octanol–water partition coefficient (Wildman–Crippen LogP) is 0.219. The first-order valence-corrected chi connectivity index (χ1v) is 3.83. The number of hydrogen-bond acceptors (Lipinski definition) is 4. The number of rotatable bonds is 2. The quantitative estimate of drug-likeness (QED) is 0.633. The summed E-state index contributed by atoms with van der Waals surface area (Å²) in [4.78, 5) is 14.7. The van der Waals surface area contributed by atoms with Crippen LogP contribution in [0.3, 0.4) is 0 Å². The summed E-state index contributed by atoms with van der Waals surface area (Å²) in [6.45, 7) is 1.87. The lowest BCUT2D eigenvalue weighted by molar-refractivity contribution is 0.112. The summed E-state index contributed by atoms with van der Waals surface area (Å²) < 4.78 is 0. The van der Waals surface area contributed by atoms with Gasteiger partial charge in [0.15, 0.2) is 12.1 Å². The molecule has 62 valence electrons. The van der Waals surface area contributed by atoms with Crippen LogP contribution in [-0.2, 0) is 0 Å². The molecule has 1 aromatic rings. The number of pyridine rings is 1. The van der Waals surface area contributed by atoms with E-state index in [-0.39, 0.29) is 0 Å². The number of hydrazine groups is 1. The number of nitrogens with one attached hydrogen (secondary N) is 1. The zero-order valence-electron chi connectivity index (χ0n) is 6.53. The van der Waals surface area contributed by atoms with Gasteiger partial charge in [-0.15, -0.1) is 0 Å². The highest BCUT2D eigenvalue weighted by atomic mass is 16.1. The summed E-state index contributed by atoms with van der Waals surface area (Å²) in [5, 5.41) is 1.86. The van der Waals surface area contributed by atoms with Crippen LogP contribution in [0.25, 0.3) is 0 Å². The smallest absolute Gasteiger partial charge is 0.153 e. The third-order valence-electron chi connectivity index (χ3n) is 1.84. The third kappa shape index (κ3) is 1.06. The molecule has 1 aliphatic heterocycles. The maximum atomic E-state index is 10.6. The van der Waals surface area contributed by atoms with Crippen molar-refractivity contribution < 1.29 is 4.79 Å². The average Bonchev–Trinajstić information content (AvgIpc) is 2.02. The zero-order valence-corrected chi connectivity index (χ0v) is 6.53. The van der Waals surface area contributed by atoms with Crippen LogP contribution in [-0.4, -0.2) is 24.4 Å². The van der Waals surface area contributed by atoms with Crippen molar-refractivity contribution in [2.75, 3.05) is 18.1 Å². The van der Waals surface area contributed by atoms with E-state index >= 15 is 0 Å². The highest BCUT2D eigenvalue weighted by molar-refractivity contribution is 5.82. The van der Waals surface area contributed by atoms with Crippen LogP contribution >= 0.6 is 0 Å². The molecule has 1 aromatic heterocycles. The van der Waals surface area contributed by atoms with Crippen molar-refractivity contribution in [2.45, 2.75) is 0 Å². The van der Waals surface area contributed by atoms with Crippen LogP contribution < -0.4 is 10.4 Å². The fraction of sp³-hybridized carbons (Fsp3) is 0.250. The molecule has 0 bridgehead atoms. The van der Waals surface area contributed by atoms with Crippen molar-refractivity contribution in [1.82, 2.24) is 10.4 Å². The summed E-state index contributed by atoms with van der Waals surface area (Å²) in [6.07, 6.45) is 2.50. The molecule has 1 fully saturated rings. The Hall–Kier alpha value is -1.42. The normalized spacial score (nSPS) is 15.5. The highest BCUT2D eigenvalue weighted by Gasteiger charge is 2.17. The first-order valence-electron chi connectivity index (χ1n) is 3.83. The number of carbonyl (C=O) groups excluding carboxylic acids is 1. The van der Waals surface area contributed by atoms with Gasteiger partial charge in [0.25, 0.3) is 0 Å². The van der Waals surface area contributed by atoms with Crippen LogP contribution in [0.5, 0.6) is 0 Å². The molecular formula is C8H9N3O. The summed E-state index contributed by atoms with van der Waals surface area (Å²) in [5.74, 6) is 0.721. The number of aldehydes is 1. The van der Waals surface area contributed by atoms with Crippen LogP contribution in [0.1, 0.15) is 10.4 Å². The van der Waals surface area contributed by atoms with Crippen LogP contribution in [0.4, 0.5) is 5.82 Å². The fourth-order valence-electron chi connectivity index (χ4n) is 1.13. The molecule has 2 heterocycles. The van der Waals surface area contributed by atoms with Gasteiger partial charge in [-0.25, -0.2) is 10.4 Å². The van der Waals surface area contributed by atoms with Crippen LogP contribution in [0.2, 0.25) is 0 Å². The van der Waals surface area contributed by atoms with E-state index in [1.165, 1.54) is 0 Å². The number of anilines is 1. The van der Waals surface area contributed by atoms with Gasteiger partial charge in [-0.2, -0.15) is 0 Å². The van der Waals surface area contributed by atoms with Crippen LogP contribution in [0.15, 0.2) is 18.3 Å². The van der Waals surface area contributed by atoms with Gasteiger partial charge in [-0.05, 0) is 12.1 Å². The summed E-state index contributed by atoms with van der Waals surface area (Å²) in [7, 11) is 0. The lowest BCUT2D eigenvalue weighted by atomic mass is 10.2. The molecule has 4 nitrogen and oxygen atoms in total. The number of nitrogens with zero attached hydrogens (tertiary/aromatic N) is 2. The molecule has 0 radical (unpaired) electrons. The lowest BCUT2D eigenvalue weighted by Crippen LogP contribution is -2.54. The topological polar surface area (TPSA) is 45.2 Å². The average molecular weight is 163 g/mol. The van der Waals surface area contributed by atoms with E-state index in [0.717, 1.165) is 25.2 Å². The minimum atomic E-state index is 0.629. The molecule has 0 saturated carbocycles. The lowest BCUT2D eigenvalue weighted by Gasteiger charge is -2.33. The van der Waals surface area contributed by atoms with Crippen molar-refractivity contribution >= 4 is 12.1 Å². The van der Waals surface area contributed by atoms with Gasteiger partial charge >= 0.3 is 0 Å². The van der Waals surface area contributed by atoms with E-state index < -0.39 is 0 Å². The minimum Gasteiger partial charge on any atom is -0.298 e. The largest absolute Gasteiger partial charge is 0.298 e. The van der Waals surface area contributed by atoms with Gasteiger partial charge in [-0.1, -0.05) is 0 Å². The van der Waals surface area contributed by atoms with Gasteiger partial charge in [0.1, 0.15) is 0 Å². The Bertz CT molecular complexity index is 296. The Labute approximate surface area is 70.2 Å². The van der Waals surface area contributed by atoms with Crippen molar-refractivity contribution in [2.24, 2.45) is 0 Å². The first kappa shape index (κ1) is 7.24. The predicted molar refractivity (Wildman–Crippen MR) is 45.0 cm³/mol. The highest BCUT2D eigenvalue weighted by Crippen LogP contribution is 2.15. The molecule has 1 aliphatic rings. The number of carbonyl (C=O) groups is 1. The van der Waals surface area contributed by atoms with E-state index in [1.807, 2.05) is 5.01 Å². The van der Waals surface area contributed by atoms with Gasteiger partial charge in [0.05, 0.1) is 12.1 Å². The second-order valence-corrected chi connectivity index (χ2v) is 2.59. The standard InChI is InChI=1S/C8H9N3O/c12-6-7-2-1-3-9-8(7)11-5-4-10-11/h1-3,6,10H,4-5H2. The summed E-state index contributed by atoms with van der Waals surface area (Å²) in [5.41, 5.74) is 3.68. The van der Waals surface area contributed by atoms with E-state index in [2.05, 4.69) is 10.4 Å². The Kier molecular flexibility index (Phi) is 1.75. The van der Waals surface area contributed by atoms with Gasteiger partial charge in [-0.3, -0.25) is 9.80 Å². The Morgan fingerprint density at radius 1 is 1.67 bits per heavy atom.